The van der Waals surface area contributed by atoms with Crippen LogP contribution in [0.1, 0.15) is 29.3 Å². The van der Waals surface area contributed by atoms with Crippen LogP contribution in [0.25, 0.3) is 0 Å². The van der Waals surface area contributed by atoms with Crippen LogP contribution in [0.5, 0.6) is 5.75 Å². The van der Waals surface area contributed by atoms with Crippen molar-refractivity contribution in [1.82, 2.24) is 0 Å². The van der Waals surface area contributed by atoms with Crippen molar-refractivity contribution in [1.29, 1.82) is 0 Å². The molecule has 98 valence electrons. The molecule has 19 heavy (non-hydrogen) atoms. The summed E-state index contributed by atoms with van der Waals surface area (Å²) >= 11 is 0. The van der Waals surface area contributed by atoms with Crippen molar-refractivity contribution in [3.8, 4) is 5.75 Å². The number of hydrogen-bond acceptors (Lipinski definition) is 2. The summed E-state index contributed by atoms with van der Waals surface area (Å²) in [5.74, 6) is 0.781. The Labute approximate surface area is 114 Å². The minimum Gasteiger partial charge on any atom is -0.493 e. The Morgan fingerprint density at radius 3 is 2.42 bits per heavy atom. The first kappa shape index (κ1) is 13.3. The first-order chi connectivity index (χ1) is 9.31. The molecule has 0 aliphatic carbocycles. The van der Waals surface area contributed by atoms with Crippen molar-refractivity contribution >= 4 is 5.78 Å². The van der Waals surface area contributed by atoms with Gasteiger partial charge >= 0.3 is 0 Å². The number of ether oxygens (including phenoxy) is 1. The molecule has 0 amide bonds. The molecule has 0 radical (unpaired) electrons. The van der Waals surface area contributed by atoms with Crippen molar-refractivity contribution in [2.24, 2.45) is 0 Å². The van der Waals surface area contributed by atoms with E-state index >= 15 is 0 Å². The van der Waals surface area contributed by atoms with Gasteiger partial charge in [-0.2, -0.15) is 0 Å². The summed E-state index contributed by atoms with van der Waals surface area (Å²) in [6.45, 7) is 2.68. The van der Waals surface area contributed by atoms with Gasteiger partial charge in [-0.15, -0.1) is 0 Å². The van der Waals surface area contributed by atoms with Gasteiger partial charge in [-0.3, -0.25) is 4.79 Å². The molecule has 0 aromatic heterocycles. The zero-order chi connectivity index (χ0) is 13.5. The van der Waals surface area contributed by atoms with Gasteiger partial charge in [0.1, 0.15) is 5.75 Å². The van der Waals surface area contributed by atoms with Crippen LogP contribution in [-0.2, 0) is 6.42 Å². The number of ketones is 1. The maximum atomic E-state index is 12.3. The van der Waals surface area contributed by atoms with Gasteiger partial charge in [0.15, 0.2) is 5.78 Å². The Morgan fingerprint density at radius 1 is 1.00 bits per heavy atom. The highest BCUT2D eigenvalue weighted by atomic mass is 16.5. The highest BCUT2D eigenvalue weighted by Gasteiger charge is 2.12. The number of Topliss-reactive ketones (excluding diaryl/α,β-unsaturated/α-hetero) is 1. The zero-order valence-corrected chi connectivity index (χ0v) is 11.1. The second-order valence-electron chi connectivity index (χ2n) is 4.43. The predicted octanol–water partition coefficient (Wildman–Crippen LogP) is 3.90. The van der Waals surface area contributed by atoms with Gasteiger partial charge in [-0.05, 0) is 24.1 Å². The largest absolute Gasteiger partial charge is 0.493 e. The lowest BCUT2D eigenvalue weighted by molar-refractivity contribution is 0.0989. The first-order valence-corrected chi connectivity index (χ1v) is 6.60. The van der Waals surface area contributed by atoms with Crippen molar-refractivity contribution in [3.63, 3.8) is 0 Å². The fourth-order valence-corrected chi connectivity index (χ4v) is 1.91. The second-order valence-corrected chi connectivity index (χ2v) is 4.43. The van der Waals surface area contributed by atoms with E-state index in [9.17, 15) is 4.79 Å². The number of hydrogen-bond donors (Lipinski definition) is 0. The summed E-state index contributed by atoms with van der Waals surface area (Å²) < 4.78 is 5.62. The predicted molar refractivity (Wildman–Crippen MR) is 76.7 cm³/mol. The van der Waals surface area contributed by atoms with Crippen LogP contribution in [0, 0.1) is 0 Å². The average molecular weight is 254 g/mol. The van der Waals surface area contributed by atoms with E-state index in [2.05, 4.69) is 6.92 Å². The molecule has 0 unspecified atom stereocenters. The van der Waals surface area contributed by atoms with Crippen LogP contribution in [-0.4, -0.2) is 12.4 Å². The second kappa shape index (κ2) is 6.74. The van der Waals surface area contributed by atoms with E-state index in [0.29, 0.717) is 24.3 Å². The molecule has 2 nitrogen and oxygen atoms in total. The van der Waals surface area contributed by atoms with E-state index in [-0.39, 0.29) is 5.78 Å². The average Bonchev–Trinajstić information content (AvgIpc) is 2.46. The summed E-state index contributed by atoms with van der Waals surface area (Å²) in [5.41, 5.74) is 1.69. The molecule has 2 aromatic rings. The third-order valence-electron chi connectivity index (χ3n) is 2.86. The number of carbonyl (C=O) groups is 1. The van der Waals surface area contributed by atoms with Gasteiger partial charge in [0, 0.05) is 6.42 Å². The molecule has 2 rings (SSSR count). The first-order valence-electron chi connectivity index (χ1n) is 6.60. The fraction of sp³-hybridized carbons (Fsp3) is 0.235. The minimum absolute atomic E-state index is 0.0953. The summed E-state index contributed by atoms with van der Waals surface area (Å²) in [5, 5.41) is 0. The maximum Gasteiger partial charge on any atom is 0.170 e. The van der Waals surface area contributed by atoms with Crippen LogP contribution in [0.15, 0.2) is 54.6 Å². The molecule has 0 saturated carbocycles. The Kier molecular flexibility index (Phi) is 4.73. The normalized spacial score (nSPS) is 10.2. The summed E-state index contributed by atoms with van der Waals surface area (Å²) in [6.07, 6.45) is 1.34. The highest BCUT2D eigenvalue weighted by Crippen LogP contribution is 2.20. The van der Waals surface area contributed by atoms with Gasteiger partial charge in [-0.25, -0.2) is 0 Å². The number of rotatable bonds is 6. The van der Waals surface area contributed by atoms with E-state index in [1.807, 2.05) is 54.6 Å². The van der Waals surface area contributed by atoms with Crippen LogP contribution in [0.2, 0.25) is 0 Å². The molecule has 0 bridgehead atoms. The summed E-state index contributed by atoms with van der Waals surface area (Å²) in [7, 11) is 0. The molecule has 2 heteroatoms. The lowest BCUT2D eigenvalue weighted by Crippen LogP contribution is -2.07. The molecule has 0 aliphatic rings. The molecule has 2 aromatic carbocycles. The molecule has 0 fully saturated rings. The highest BCUT2D eigenvalue weighted by molar-refractivity contribution is 5.99. The third-order valence-corrected chi connectivity index (χ3v) is 2.86. The molecule has 0 N–H and O–H groups in total. The van der Waals surface area contributed by atoms with Gasteiger partial charge in [-0.1, -0.05) is 49.4 Å². The lowest BCUT2D eigenvalue weighted by atomic mass is 10.0. The quantitative estimate of drug-likeness (QED) is 0.731. The Hall–Kier alpha value is -2.09. The summed E-state index contributed by atoms with van der Waals surface area (Å²) in [4.78, 5) is 12.3. The lowest BCUT2D eigenvalue weighted by Gasteiger charge is -2.09. The smallest absolute Gasteiger partial charge is 0.170 e. The Bertz CT molecular complexity index is 532. The molecule has 0 spiro atoms. The van der Waals surface area contributed by atoms with Crippen LogP contribution < -0.4 is 4.74 Å². The number of para-hydroxylation sites is 1. The third kappa shape index (κ3) is 3.68. The molecular formula is C17H18O2. The summed E-state index contributed by atoms with van der Waals surface area (Å²) in [6, 6.07) is 17.2. The molecular weight excluding hydrogens is 236 g/mol. The van der Waals surface area contributed by atoms with Gasteiger partial charge in [0.25, 0.3) is 0 Å². The molecule has 0 saturated heterocycles. The van der Waals surface area contributed by atoms with E-state index < -0.39 is 0 Å². The van der Waals surface area contributed by atoms with Gasteiger partial charge < -0.3 is 4.74 Å². The molecule has 0 atom stereocenters. The molecule has 0 aliphatic heterocycles. The Morgan fingerprint density at radius 2 is 1.68 bits per heavy atom. The van der Waals surface area contributed by atoms with E-state index in [1.54, 1.807) is 0 Å². The fourth-order valence-electron chi connectivity index (χ4n) is 1.91. The monoisotopic (exact) mass is 254 g/mol. The maximum absolute atomic E-state index is 12.3. The SMILES string of the molecule is CCCOc1ccccc1C(=O)Cc1ccccc1. The van der Waals surface area contributed by atoms with Crippen molar-refractivity contribution in [2.75, 3.05) is 6.61 Å². The van der Waals surface area contributed by atoms with Crippen LogP contribution >= 0.6 is 0 Å². The minimum atomic E-state index is 0.0953. The number of benzene rings is 2. The number of carbonyl (C=O) groups excluding carboxylic acids is 1. The van der Waals surface area contributed by atoms with E-state index in [0.717, 1.165) is 12.0 Å². The zero-order valence-electron chi connectivity index (χ0n) is 11.1. The van der Waals surface area contributed by atoms with Crippen molar-refractivity contribution < 1.29 is 9.53 Å². The van der Waals surface area contributed by atoms with Gasteiger partial charge in [0.05, 0.1) is 12.2 Å². The van der Waals surface area contributed by atoms with Crippen LogP contribution in [0.3, 0.4) is 0 Å². The standard InChI is InChI=1S/C17H18O2/c1-2-12-19-17-11-7-6-10-15(17)16(18)13-14-8-4-3-5-9-14/h3-11H,2,12-13H2,1H3. The molecule has 0 heterocycles. The van der Waals surface area contributed by atoms with Crippen molar-refractivity contribution in [2.45, 2.75) is 19.8 Å². The topological polar surface area (TPSA) is 26.3 Å². The van der Waals surface area contributed by atoms with Gasteiger partial charge in [0.2, 0.25) is 0 Å². The van der Waals surface area contributed by atoms with E-state index in [1.165, 1.54) is 0 Å². The Balaban J connectivity index is 2.14. The van der Waals surface area contributed by atoms with Crippen LogP contribution in [0.4, 0.5) is 0 Å². The van der Waals surface area contributed by atoms with Crippen molar-refractivity contribution in [3.05, 3.63) is 65.7 Å². The van der Waals surface area contributed by atoms with E-state index in [4.69, 9.17) is 4.74 Å².